The lowest BCUT2D eigenvalue weighted by Gasteiger charge is -2.41. The van der Waals surface area contributed by atoms with Crippen molar-refractivity contribution in [2.75, 3.05) is 20.2 Å². The van der Waals surface area contributed by atoms with E-state index in [-0.39, 0.29) is 17.3 Å². The molecule has 0 radical (unpaired) electrons. The van der Waals surface area contributed by atoms with Crippen LogP contribution in [0.25, 0.3) is 10.9 Å². The first-order valence-electron chi connectivity index (χ1n) is 9.50. The fourth-order valence-corrected chi connectivity index (χ4v) is 3.85. The van der Waals surface area contributed by atoms with E-state index in [1.54, 1.807) is 19.2 Å². The van der Waals surface area contributed by atoms with Gasteiger partial charge in [-0.25, -0.2) is 9.40 Å². The Morgan fingerprint density at radius 2 is 1.89 bits per heavy atom. The number of carbonyl (C=O) groups is 1. The minimum atomic E-state index is -0.291. The number of piperidine rings is 1. The third kappa shape index (κ3) is 3.93. The number of benzene rings is 2. The number of nitrogens with one attached hydrogen (secondary N) is 2. The maximum absolute atomic E-state index is 13.1. The highest BCUT2D eigenvalue weighted by atomic mass is 19.1. The van der Waals surface area contributed by atoms with E-state index >= 15 is 0 Å². The molecule has 28 heavy (non-hydrogen) atoms. The second-order valence-electron chi connectivity index (χ2n) is 7.39. The van der Waals surface area contributed by atoms with Crippen LogP contribution in [0.5, 0.6) is 0 Å². The van der Waals surface area contributed by atoms with Gasteiger partial charge in [-0.2, -0.15) is 0 Å². The molecular weight excluding hydrogens is 357 g/mol. The topological polar surface area (TPSA) is 57.4 Å². The first-order valence-corrected chi connectivity index (χ1v) is 9.50. The Balaban J connectivity index is 1.37. The zero-order chi connectivity index (χ0) is 19.6. The van der Waals surface area contributed by atoms with Crippen molar-refractivity contribution < 1.29 is 13.9 Å². The molecule has 2 aromatic carbocycles. The predicted molar refractivity (Wildman–Crippen MR) is 106 cm³/mol. The van der Waals surface area contributed by atoms with E-state index in [0.29, 0.717) is 18.8 Å². The van der Waals surface area contributed by atoms with Crippen LogP contribution < -0.4 is 5.43 Å². The fraction of sp³-hybridized carbons (Fsp3) is 0.318. The maximum Gasteiger partial charge on any atom is 0.282 e. The summed E-state index contributed by atoms with van der Waals surface area (Å²) in [5.74, 6) is -0.371. The third-order valence-corrected chi connectivity index (χ3v) is 5.58. The Bertz CT molecular complexity index is 926. The van der Waals surface area contributed by atoms with Gasteiger partial charge in [0.1, 0.15) is 11.5 Å². The van der Waals surface area contributed by atoms with Crippen molar-refractivity contribution in [1.82, 2.24) is 15.4 Å². The summed E-state index contributed by atoms with van der Waals surface area (Å²) in [7, 11) is 1.72. The molecule has 146 valence electrons. The highest BCUT2D eigenvalue weighted by molar-refractivity contribution is 5.97. The summed E-state index contributed by atoms with van der Waals surface area (Å²) >= 11 is 0. The van der Waals surface area contributed by atoms with Crippen molar-refractivity contribution in [3.63, 3.8) is 0 Å². The third-order valence-electron chi connectivity index (χ3n) is 5.58. The van der Waals surface area contributed by atoms with Crippen molar-refractivity contribution in [1.29, 1.82) is 0 Å². The number of H-pyrrole nitrogens is 1. The minimum absolute atomic E-state index is 0.139. The van der Waals surface area contributed by atoms with Crippen LogP contribution in [0.1, 0.15) is 28.9 Å². The zero-order valence-corrected chi connectivity index (χ0v) is 15.9. The van der Waals surface area contributed by atoms with Gasteiger partial charge in [0.25, 0.3) is 5.91 Å². The monoisotopic (exact) mass is 381 g/mol. The van der Waals surface area contributed by atoms with Crippen LogP contribution in [-0.4, -0.2) is 41.7 Å². The normalized spacial score (nSPS) is 16.9. The van der Waals surface area contributed by atoms with Crippen LogP contribution in [0.15, 0.2) is 54.6 Å². The Kier molecular flexibility index (Phi) is 5.15. The van der Waals surface area contributed by atoms with Crippen molar-refractivity contribution in [2.45, 2.75) is 24.9 Å². The standard InChI is InChI=1S/C22H24FN3O2/c1-28-22(15-16-6-8-18(23)9-7-16)10-12-26(13-11-22)25-21(27)20-14-17-4-2-3-5-19(17)24-20/h2-9,14,24H,10-13,15H2,1H3,(H,25,27). The van der Waals surface area contributed by atoms with Crippen molar-refractivity contribution in [3.05, 3.63) is 71.7 Å². The summed E-state index contributed by atoms with van der Waals surface area (Å²) in [5.41, 5.74) is 5.25. The fourth-order valence-electron chi connectivity index (χ4n) is 3.85. The van der Waals surface area contributed by atoms with Gasteiger partial charge in [-0.1, -0.05) is 30.3 Å². The lowest BCUT2D eigenvalue weighted by molar-refractivity contribution is -0.0633. The molecule has 0 bridgehead atoms. The summed E-state index contributed by atoms with van der Waals surface area (Å²) in [5, 5.41) is 2.96. The predicted octanol–water partition coefficient (Wildman–Crippen LogP) is 3.68. The molecule has 2 N–H and O–H groups in total. The number of methoxy groups -OCH3 is 1. The molecule has 4 rings (SSSR count). The molecule has 0 spiro atoms. The minimum Gasteiger partial charge on any atom is -0.378 e. The molecule has 0 unspecified atom stereocenters. The number of carbonyl (C=O) groups excluding carboxylic acids is 1. The number of nitrogens with zero attached hydrogens (tertiary/aromatic N) is 1. The molecular formula is C22H24FN3O2. The lowest BCUT2D eigenvalue weighted by atomic mass is 9.85. The van der Waals surface area contributed by atoms with Crippen molar-refractivity contribution >= 4 is 16.8 Å². The van der Waals surface area contributed by atoms with E-state index in [0.717, 1.165) is 35.7 Å². The first kappa shape index (κ1) is 18.7. The number of amides is 1. The van der Waals surface area contributed by atoms with Gasteiger partial charge < -0.3 is 9.72 Å². The Labute approximate surface area is 163 Å². The summed E-state index contributed by atoms with van der Waals surface area (Å²) in [4.78, 5) is 15.7. The quantitative estimate of drug-likeness (QED) is 0.709. The van der Waals surface area contributed by atoms with Crippen LogP contribution in [0.2, 0.25) is 0 Å². The van der Waals surface area contributed by atoms with E-state index < -0.39 is 0 Å². The van der Waals surface area contributed by atoms with Gasteiger partial charge in [-0.3, -0.25) is 10.2 Å². The second kappa shape index (κ2) is 7.73. The highest BCUT2D eigenvalue weighted by Crippen LogP contribution is 2.29. The number of para-hydroxylation sites is 1. The maximum atomic E-state index is 13.1. The SMILES string of the molecule is COC1(Cc2ccc(F)cc2)CCN(NC(=O)c2cc3ccccc3[nH]2)CC1. The zero-order valence-electron chi connectivity index (χ0n) is 15.9. The summed E-state index contributed by atoms with van der Waals surface area (Å²) in [6.45, 7) is 1.39. The molecule has 2 heterocycles. The van der Waals surface area contributed by atoms with E-state index in [1.165, 1.54) is 12.1 Å². The van der Waals surface area contributed by atoms with Crippen LogP contribution in [-0.2, 0) is 11.2 Å². The Morgan fingerprint density at radius 3 is 2.57 bits per heavy atom. The second-order valence-corrected chi connectivity index (χ2v) is 7.39. The Hall–Kier alpha value is -2.70. The molecule has 1 aromatic heterocycles. The molecule has 1 aliphatic rings. The van der Waals surface area contributed by atoms with Crippen LogP contribution in [0.4, 0.5) is 4.39 Å². The van der Waals surface area contributed by atoms with Gasteiger partial charge in [0.05, 0.1) is 5.60 Å². The number of rotatable bonds is 5. The van der Waals surface area contributed by atoms with Gasteiger partial charge in [-0.05, 0) is 42.7 Å². The van der Waals surface area contributed by atoms with E-state index in [4.69, 9.17) is 4.74 Å². The van der Waals surface area contributed by atoms with Crippen LogP contribution >= 0.6 is 0 Å². The average Bonchev–Trinajstić information content (AvgIpc) is 3.16. The van der Waals surface area contributed by atoms with E-state index in [9.17, 15) is 9.18 Å². The molecule has 3 aromatic rings. The molecule has 1 amide bonds. The summed E-state index contributed by atoms with van der Waals surface area (Å²) < 4.78 is 19.0. The number of hydrazine groups is 1. The van der Waals surface area contributed by atoms with Crippen LogP contribution in [0.3, 0.4) is 0 Å². The van der Waals surface area contributed by atoms with Gasteiger partial charge >= 0.3 is 0 Å². The molecule has 1 saturated heterocycles. The number of hydrogen-bond acceptors (Lipinski definition) is 3. The lowest BCUT2D eigenvalue weighted by Crippen LogP contribution is -2.53. The van der Waals surface area contributed by atoms with E-state index in [1.807, 2.05) is 35.3 Å². The van der Waals surface area contributed by atoms with Gasteiger partial charge in [0, 0.05) is 37.5 Å². The smallest absolute Gasteiger partial charge is 0.282 e. The number of fused-ring (bicyclic) bond motifs is 1. The van der Waals surface area contributed by atoms with Crippen molar-refractivity contribution in [2.24, 2.45) is 0 Å². The summed E-state index contributed by atoms with van der Waals surface area (Å²) in [6.07, 6.45) is 2.30. The average molecular weight is 381 g/mol. The van der Waals surface area contributed by atoms with Gasteiger partial charge in [0.2, 0.25) is 0 Å². The number of hydrogen-bond donors (Lipinski definition) is 2. The van der Waals surface area contributed by atoms with E-state index in [2.05, 4.69) is 10.4 Å². The number of aromatic nitrogens is 1. The van der Waals surface area contributed by atoms with Crippen molar-refractivity contribution in [3.8, 4) is 0 Å². The highest BCUT2D eigenvalue weighted by Gasteiger charge is 2.35. The van der Waals surface area contributed by atoms with Crippen LogP contribution in [0, 0.1) is 5.82 Å². The molecule has 5 nitrogen and oxygen atoms in total. The number of halogens is 1. The number of aromatic amines is 1. The first-order chi connectivity index (χ1) is 13.6. The molecule has 0 aliphatic carbocycles. The van der Waals surface area contributed by atoms with Gasteiger partial charge in [-0.15, -0.1) is 0 Å². The molecule has 0 atom stereocenters. The Morgan fingerprint density at radius 1 is 1.18 bits per heavy atom. The molecule has 0 saturated carbocycles. The summed E-state index contributed by atoms with van der Waals surface area (Å²) in [6, 6.07) is 16.3. The van der Waals surface area contributed by atoms with Gasteiger partial charge in [0.15, 0.2) is 0 Å². The largest absolute Gasteiger partial charge is 0.378 e. The molecule has 1 aliphatic heterocycles. The molecule has 1 fully saturated rings. The molecule has 6 heteroatoms. The number of ether oxygens (including phenoxy) is 1.